The normalized spacial score (nSPS) is 10.9. The van der Waals surface area contributed by atoms with Crippen molar-refractivity contribution < 1.29 is 9.53 Å². The number of anilines is 1. The van der Waals surface area contributed by atoms with Crippen molar-refractivity contribution >= 4 is 33.1 Å². The maximum absolute atomic E-state index is 12.3. The van der Waals surface area contributed by atoms with E-state index in [1.54, 1.807) is 0 Å². The SMILES string of the molecule is Cc1ccc(C)c(OCC(=O)Nc2nc(-c3ccc4ccccc4c3)cs2)c1C. The van der Waals surface area contributed by atoms with Crippen molar-refractivity contribution in [2.24, 2.45) is 0 Å². The molecule has 0 radical (unpaired) electrons. The van der Waals surface area contributed by atoms with Crippen LogP contribution in [0.15, 0.2) is 60.0 Å². The fourth-order valence-corrected chi connectivity index (χ4v) is 3.99. The summed E-state index contributed by atoms with van der Waals surface area (Å²) in [4.78, 5) is 16.9. The third kappa shape index (κ3) is 4.15. The van der Waals surface area contributed by atoms with Crippen molar-refractivity contribution in [2.45, 2.75) is 20.8 Å². The Balaban J connectivity index is 1.43. The number of carbonyl (C=O) groups excluding carboxylic acids is 1. The molecule has 4 rings (SSSR count). The van der Waals surface area contributed by atoms with E-state index in [-0.39, 0.29) is 12.5 Å². The second kappa shape index (κ2) is 8.05. The van der Waals surface area contributed by atoms with Crippen molar-refractivity contribution in [3.63, 3.8) is 0 Å². The smallest absolute Gasteiger partial charge is 0.264 e. The molecule has 0 saturated carbocycles. The van der Waals surface area contributed by atoms with E-state index in [2.05, 4.69) is 46.7 Å². The molecule has 146 valence electrons. The van der Waals surface area contributed by atoms with Gasteiger partial charge in [0.1, 0.15) is 5.75 Å². The number of hydrogen-bond acceptors (Lipinski definition) is 4. The van der Waals surface area contributed by atoms with Gasteiger partial charge in [0.2, 0.25) is 0 Å². The van der Waals surface area contributed by atoms with Crippen LogP contribution in [0.2, 0.25) is 0 Å². The Labute approximate surface area is 174 Å². The van der Waals surface area contributed by atoms with E-state index in [0.717, 1.165) is 33.7 Å². The zero-order valence-corrected chi connectivity index (χ0v) is 17.5. The summed E-state index contributed by atoms with van der Waals surface area (Å²) in [5.74, 6) is 0.556. The number of thiazole rings is 1. The molecule has 4 aromatic rings. The molecule has 0 atom stereocenters. The van der Waals surface area contributed by atoms with Crippen molar-refractivity contribution in [3.8, 4) is 17.0 Å². The van der Waals surface area contributed by atoms with Crippen LogP contribution in [0.4, 0.5) is 5.13 Å². The lowest BCUT2D eigenvalue weighted by Gasteiger charge is -2.13. The van der Waals surface area contributed by atoms with E-state index in [1.807, 2.05) is 44.4 Å². The molecule has 5 heteroatoms. The Hall–Kier alpha value is -3.18. The second-order valence-corrected chi connectivity index (χ2v) is 7.95. The van der Waals surface area contributed by atoms with Crippen LogP contribution in [-0.2, 0) is 4.79 Å². The minimum atomic E-state index is -0.218. The van der Waals surface area contributed by atoms with Crippen LogP contribution in [0.1, 0.15) is 16.7 Å². The molecular formula is C24H22N2O2S. The molecule has 3 aromatic carbocycles. The predicted octanol–water partition coefficient (Wildman–Crippen LogP) is 5.91. The van der Waals surface area contributed by atoms with Gasteiger partial charge >= 0.3 is 0 Å². The first-order chi connectivity index (χ1) is 14.0. The summed E-state index contributed by atoms with van der Waals surface area (Å²) in [5, 5.41) is 7.72. The topological polar surface area (TPSA) is 51.2 Å². The van der Waals surface area contributed by atoms with Gasteiger partial charge in [-0.15, -0.1) is 11.3 Å². The zero-order chi connectivity index (χ0) is 20.4. The molecule has 0 saturated heterocycles. The van der Waals surface area contributed by atoms with E-state index in [0.29, 0.717) is 5.13 Å². The van der Waals surface area contributed by atoms with Crippen LogP contribution in [0, 0.1) is 20.8 Å². The quantitative estimate of drug-likeness (QED) is 0.452. The molecule has 0 fully saturated rings. The van der Waals surface area contributed by atoms with E-state index < -0.39 is 0 Å². The van der Waals surface area contributed by atoms with E-state index in [4.69, 9.17) is 4.74 Å². The highest BCUT2D eigenvalue weighted by molar-refractivity contribution is 7.14. The fraction of sp³-hybridized carbons (Fsp3) is 0.167. The molecule has 0 aliphatic rings. The van der Waals surface area contributed by atoms with Gasteiger partial charge in [0.15, 0.2) is 11.7 Å². The number of fused-ring (bicyclic) bond motifs is 1. The van der Waals surface area contributed by atoms with E-state index >= 15 is 0 Å². The Kier molecular flexibility index (Phi) is 5.32. The zero-order valence-electron chi connectivity index (χ0n) is 16.7. The third-order valence-electron chi connectivity index (χ3n) is 5.02. The van der Waals surface area contributed by atoms with Gasteiger partial charge in [-0.25, -0.2) is 4.98 Å². The lowest BCUT2D eigenvalue weighted by molar-refractivity contribution is -0.118. The number of benzene rings is 3. The number of amides is 1. The number of aryl methyl sites for hydroxylation is 2. The molecule has 0 aliphatic heterocycles. The van der Waals surface area contributed by atoms with Crippen LogP contribution in [-0.4, -0.2) is 17.5 Å². The average Bonchev–Trinajstić information content (AvgIpc) is 3.19. The number of nitrogens with one attached hydrogen (secondary N) is 1. The summed E-state index contributed by atoms with van der Waals surface area (Å²) in [5.41, 5.74) is 5.11. The van der Waals surface area contributed by atoms with Crippen LogP contribution in [0.3, 0.4) is 0 Å². The van der Waals surface area contributed by atoms with Crippen LogP contribution >= 0.6 is 11.3 Å². The molecule has 1 amide bonds. The number of nitrogens with zero attached hydrogens (tertiary/aromatic N) is 1. The number of ether oxygens (including phenoxy) is 1. The highest BCUT2D eigenvalue weighted by Crippen LogP contribution is 2.28. The van der Waals surface area contributed by atoms with Crippen molar-refractivity contribution in [2.75, 3.05) is 11.9 Å². The van der Waals surface area contributed by atoms with Gasteiger partial charge in [0.05, 0.1) is 5.69 Å². The molecule has 1 heterocycles. The maximum atomic E-state index is 12.3. The van der Waals surface area contributed by atoms with Crippen molar-refractivity contribution in [3.05, 3.63) is 76.7 Å². The van der Waals surface area contributed by atoms with E-state index in [1.165, 1.54) is 22.1 Å². The first kappa shape index (κ1) is 19.2. The molecule has 0 spiro atoms. The lowest BCUT2D eigenvalue weighted by atomic mass is 10.1. The molecule has 0 unspecified atom stereocenters. The van der Waals surface area contributed by atoms with Gasteiger partial charge in [0.25, 0.3) is 5.91 Å². The van der Waals surface area contributed by atoms with Gasteiger partial charge in [-0.05, 0) is 54.3 Å². The maximum Gasteiger partial charge on any atom is 0.264 e. The molecular weight excluding hydrogens is 380 g/mol. The molecule has 1 N–H and O–H groups in total. The fourth-order valence-electron chi connectivity index (χ4n) is 3.25. The van der Waals surface area contributed by atoms with E-state index in [9.17, 15) is 4.79 Å². The Morgan fingerprint density at radius 2 is 1.76 bits per heavy atom. The summed E-state index contributed by atoms with van der Waals surface area (Å²) >= 11 is 1.41. The molecule has 4 nitrogen and oxygen atoms in total. The number of aromatic nitrogens is 1. The van der Waals surface area contributed by atoms with Gasteiger partial charge in [-0.1, -0.05) is 48.5 Å². The second-order valence-electron chi connectivity index (χ2n) is 7.09. The predicted molar refractivity (Wildman–Crippen MR) is 120 cm³/mol. The van der Waals surface area contributed by atoms with Gasteiger partial charge < -0.3 is 4.74 Å². The number of hydrogen-bond donors (Lipinski definition) is 1. The summed E-state index contributed by atoms with van der Waals surface area (Å²) in [6, 6.07) is 18.5. The largest absolute Gasteiger partial charge is 0.483 e. The average molecular weight is 403 g/mol. The highest BCUT2D eigenvalue weighted by Gasteiger charge is 2.12. The Morgan fingerprint density at radius 1 is 1.00 bits per heavy atom. The van der Waals surface area contributed by atoms with Gasteiger partial charge in [-0.2, -0.15) is 0 Å². The Bertz CT molecular complexity index is 1200. The first-order valence-corrected chi connectivity index (χ1v) is 10.3. The van der Waals surface area contributed by atoms with Gasteiger partial charge in [0, 0.05) is 10.9 Å². The molecule has 0 aliphatic carbocycles. The first-order valence-electron chi connectivity index (χ1n) is 9.45. The number of carbonyl (C=O) groups is 1. The van der Waals surface area contributed by atoms with Crippen LogP contribution in [0.5, 0.6) is 5.75 Å². The molecule has 29 heavy (non-hydrogen) atoms. The minimum Gasteiger partial charge on any atom is -0.483 e. The number of rotatable bonds is 5. The highest BCUT2D eigenvalue weighted by atomic mass is 32.1. The Morgan fingerprint density at radius 3 is 2.59 bits per heavy atom. The van der Waals surface area contributed by atoms with Crippen molar-refractivity contribution in [1.29, 1.82) is 0 Å². The summed E-state index contributed by atoms with van der Waals surface area (Å²) in [6.07, 6.45) is 0. The van der Waals surface area contributed by atoms with Crippen molar-refractivity contribution in [1.82, 2.24) is 4.98 Å². The lowest BCUT2D eigenvalue weighted by Crippen LogP contribution is -2.20. The monoisotopic (exact) mass is 402 g/mol. The van der Waals surface area contributed by atoms with Gasteiger partial charge in [-0.3, -0.25) is 10.1 Å². The standard InChI is InChI=1S/C24H22N2O2S/c1-15-8-9-16(2)23(17(15)3)28-13-22(27)26-24-25-21(14-29-24)20-11-10-18-6-4-5-7-19(18)12-20/h4-12,14H,13H2,1-3H3,(H,25,26,27). The summed E-state index contributed by atoms with van der Waals surface area (Å²) in [6.45, 7) is 5.98. The molecule has 1 aromatic heterocycles. The summed E-state index contributed by atoms with van der Waals surface area (Å²) < 4.78 is 5.79. The molecule has 0 bridgehead atoms. The third-order valence-corrected chi connectivity index (χ3v) is 5.77. The van der Waals surface area contributed by atoms with Crippen LogP contribution < -0.4 is 10.1 Å². The summed E-state index contributed by atoms with van der Waals surface area (Å²) in [7, 11) is 0. The van der Waals surface area contributed by atoms with Crippen LogP contribution in [0.25, 0.3) is 22.0 Å². The minimum absolute atomic E-state index is 0.0456.